The Labute approximate surface area is 158 Å². The highest BCUT2D eigenvalue weighted by Crippen LogP contribution is 2.36. The molecule has 1 heterocycles. The van der Waals surface area contributed by atoms with E-state index in [2.05, 4.69) is 39.8 Å². The van der Waals surface area contributed by atoms with Crippen molar-refractivity contribution in [2.24, 2.45) is 0 Å². The molecule has 1 aromatic carbocycles. The Bertz CT molecular complexity index is 613. The van der Waals surface area contributed by atoms with Gasteiger partial charge in [-0.2, -0.15) is 0 Å². The molecule has 26 heavy (non-hydrogen) atoms. The molecule has 0 bridgehead atoms. The summed E-state index contributed by atoms with van der Waals surface area (Å²) >= 11 is 0. The summed E-state index contributed by atoms with van der Waals surface area (Å²) in [6.07, 6.45) is 0. The van der Waals surface area contributed by atoms with Gasteiger partial charge in [-0.15, -0.1) is 0 Å². The van der Waals surface area contributed by atoms with Gasteiger partial charge < -0.3 is 14.2 Å². The number of carbonyl (C=O) groups is 1. The maximum Gasteiger partial charge on any atom is 0.495 e. The quantitative estimate of drug-likeness (QED) is 0.700. The minimum atomic E-state index is -0.386. The molecule has 5 nitrogen and oxygen atoms in total. The molecule has 0 aromatic heterocycles. The number of carbonyl (C=O) groups excluding carboxylic acids is 1. The first-order chi connectivity index (χ1) is 12.1. The zero-order valence-electron chi connectivity index (χ0n) is 17.3. The lowest BCUT2D eigenvalue weighted by atomic mass is 9.76. The predicted molar refractivity (Wildman–Crippen MR) is 106 cm³/mol. The topological polar surface area (TPSA) is 42.0 Å². The van der Waals surface area contributed by atoms with Gasteiger partial charge in [0.15, 0.2) is 0 Å². The van der Waals surface area contributed by atoms with Gasteiger partial charge in [0.1, 0.15) is 0 Å². The van der Waals surface area contributed by atoms with Gasteiger partial charge in [0.05, 0.1) is 17.7 Å². The molecule has 6 heteroatoms. The van der Waals surface area contributed by atoms with Crippen molar-refractivity contribution in [2.75, 3.05) is 26.7 Å². The lowest BCUT2D eigenvalue weighted by Gasteiger charge is -2.32. The monoisotopic (exact) mass is 360 g/mol. The molecule has 1 fully saturated rings. The van der Waals surface area contributed by atoms with Crippen molar-refractivity contribution in [2.45, 2.75) is 59.3 Å². The normalized spacial score (nSPS) is 18.4. The summed E-state index contributed by atoms with van der Waals surface area (Å²) in [4.78, 5) is 16.3. The van der Waals surface area contributed by atoms with Crippen LogP contribution in [0.5, 0.6) is 0 Å². The number of amides is 1. The molecule has 0 N–H and O–H groups in total. The molecule has 1 saturated heterocycles. The van der Waals surface area contributed by atoms with Crippen LogP contribution in [0.1, 0.15) is 47.1 Å². The summed E-state index contributed by atoms with van der Waals surface area (Å²) in [5, 5.41) is 0. The van der Waals surface area contributed by atoms with Gasteiger partial charge in [0, 0.05) is 19.6 Å². The molecule has 144 valence electrons. The van der Waals surface area contributed by atoms with E-state index in [1.165, 1.54) is 0 Å². The Hall–Kier alpha value is -1.37. The van der Waals surface area contributed by atoms with Gasteiger partial charge in [0.2, 0.25) is 5.91 Å². The van der Waals surface area contributed by atoms with Crippen molar-refractivity contribution in [1.82, 2.24) is 9.80 Å². The smallest absolute Gasteiger partial charge is 0.399 e. The van der Waals surface area contributed by atoms with E-state index in [1.807, 2.05) is 42.8 Å². The van der Waals surface area contributed by atoms with E-state index in [4.69, 9.17) is 9.31 Å². The van der Waals surface area contributed by atoms with Crippen LogP contribution in [-0.4, -0.2) is 60.7 Å². The summed E-state index contributed by atoms with van der Waals surface area (Å²) < 4.78 is 12.4. The SMILES string of the molecule is CCN(CC)C(=O)CN(C)Cc1ccccc1B1OC(C)(C)C(C)(C)O1. The van der Waals surface area contributed by atoms with Crippen LogP contribution in [0.15, 0.2) is 24.3 Å². The third-order valence-electron chi connectivity index (χ3n) is 5.52. The lowest BCUT2D eigenvalue weighted by Crippen LogP contribution is -2.41. The van der Waals surface area contributed by atoms with Crippen LogP contribution < -0.4 is 5.46 Å². The highest BCUT2D eigenvalue weighted by molar-refractivity contribution is 6.62. The second-order valence-electron chi connectivity index (χ2n) is 8.03. The van der Waals surface area contributed by atoms with E-state index in [0.717, 1.165) is 24.1 Å². The zero-order chi connectivity index (χ0) is 19.5. The Morgan fingerprint density at radius 2 is 1.58 bits per heavy atom. The van der Waals surface area contributed by atoms with Crippen LogP contribution in [0.4, 0.5) is 0 Å². The molecular weight excluding hydrogens is 327 g/mol. The van der Waals surface area contributed by atoms with Gasteiger partial charge >= 0.3 is 7.12 Å². The van der Waals surface area contributed by atoms with Crippen molar-refractivity contribution in [3.63, 3.8) is 0 Å². The molecule has 1 aliphatic rings. The first-order valence-electron chi connectivity index (χ1n) is 9.51. The number of rotatable bonds is 7. The Morgan fingerprint density at radius 3 is 2.12 bits per heavy atom. The van der Waals surface area contributed by atoms with Gasteiger partial charge in [-0.05, 0) is 59.6 Å². The highest BCUT2D eigenvalue weighted by atomic mass is 16.7. The van der Waals surface area contributed by atoms with Gasteiger partial charge in [-0.25, -0.2) is 0 Å². The fraction of sp³-hybridized carbons (Fsp3) is 0.650. The summed E-state index contributed by atoms with van der Waals surface area (Å²) in [6, 6.07) is 8.16. The van der Waals surface area contributed by atoms with Crippen LogP contribution in [0.25, 0.3) is 0 Å². The van der Waals surface area contributed by atoms with Crippen molar-refractivity contribution < 1.29 is 14.1 Å². The Kier molecular flexibility index (Phi) is 6.53. The van der Waals surface area contributed by atoms with Crippen LogP contribution in [0.3, 0.4) is 0 Å². The minimum Gasteiger partial charge on any atom is -0.399 e. The number of benzene rings is 1. The summed E-state index contributed by atoms with van der Waals surface area (Å²) in [6.45, 7) is 14.8. The molecule has 0 aliphatic carbocycles. The third-order valence-corrected chi connectivity index (χ3v) is 5.52. The van der Waals surface area contributed by atoms with Crippen molar-refractivity contribution >= 4 is 18.5 Å². The largest absolute Gasteiger partial charge is 0.495 e. The van der Waals surface area contributed by atoms with Crippen LogP contribution in [0, 0.1) is 0 Å². The molecule has 0 radical (unpaired) electrons. The van der Waals surface area contributed by atoms with E-state index in [-0.39, 0.29) is 24.2 Å². The average Bonchev–Trinajstić information content (AvgIpc) is 2.76. The van der Waals surface area contributed by atoms with Crippen molar-refractivity contribution in [3.8, 4) is 0 Å². The molecular formula is C20H33BN2O3. The van der Waals surface area contributed by atoms with Gasteiger partial charge in [-0.3, -0.25) is 9.69 Å². The van der Waals surface area contributed by atoms with E-state index in [9.17, 15) is 4.79 Å². The van der Waals surface area contributed by atoms with Crippen molar-refractivity contribution in [1.29, 1.82) is 0 Å². The summed E-state index contributed by atoms with van der Waals surface area (Å²) in [5.41, 5.74) is 1.43. The average molecular weight is 360 g/mol. The third kappa shape index (κ3) is 4.48. The van der Waals surface area contributed by atoms with E-state index >= 15 is 0 Å². The number of hydrogen-bond acceptors (Lipinski definition) is 4. The second-order valence-corrected chi connectivity index (χ2v) is 8.03. The number of likely N-dealkylation sites (N-methyl/N-ethyl adjacent to an activating group) is 2. The Balaban J connectivity index is 2.11. The number of nitrogens with zero attached hydrogens (tertiary/aromatic N) is 2. The fourth-order valence-corrected chi connectivity index (χ4v) is 3.13. The summed E-state index contributed by atoms with van der Waals surface area (Å²) in [7, 11) is 1.59. The molecule has 0 spiro atoms. The van der Waals surface area contributed by atoms with E-state index < -0.39 is 0 Å². The first kappa shape index (κ1) is 20.9. The maximum absolute atomic E-state index is 12.4. The van der Waals surface area contributed by atoms with Gasteiger partial charge in [-0.1, -0.05) is 24.3 Å². The van der Waals surface area contributed by atoms with Crippen LogP contribution in [0.2, 0.25) is 0 Å². The fourth-order valence-electron chi connectivity index (χ4n) is 3.13. The second kappa shape index (κ2) is 8.11. The number of hydrogen-bond donors (Lipinski definition) is 0. The predicted octanol–water partition coefficient (Wildman–Crippen LogP) is 2.29. The Morgan fingerprint density at radius 1 is 1.04 bits per heavy atom. The maximum atomic E-state index is 12.4. The van der Waals surface area contributed by atoms with Crippen molar-refractivity contribution in [3.05, 3.63) is 29.8 Å². The van der Waals surface area contributed by atoms with Gasteiger partial charge in [0.25, 0.3) is 0 Å². The summed E-state index contributed by atoms with van der Waals surface area (Å²) in [5.74, 6) is 0.158. The standard InChI is InChI=1S/C20H33BN2O3/c1-8-23(9-2)18(24)15-22(7)14-16-12-10-11-13-17(16)21-25-19(3,4)20(5,6)26-21/h10-13H,8-9,14-15H2,1-7H3. The molecule has 0 saturated carbocycles. The van der Waals surface area contributed by atoms with Crippen LogP contribution in [-0.2, 0) is 20.6 Å². The molecule has 0 atom stereocenters. The lowest BCUT2D eigenvalue weighted by molar-refractivity contribution is -0.131. The molecule has 1 amide bonds. The minimum absolute atomic E-state index is 0.158. The van der Waals surface area contributed by atoms with E-state index in [1.54, 1.807) is 0 Å². The first-order valence-corrected chi connectivity index (χ1v) is 9.51. The highest BCUT2D eigenvalue weighted by Gasteiger charge is 2.52. The molecule has 2 rings (SSSR count). The molecule has 0 unspecified atom stereocenters. The van der Waals surface area contributed by atoms with Crippen LogP contribution >= 0.6 is 0 Å². The zero-order valence-corrected chi connectivity index (χ0v) is 17.3. The molecule has 1 aliphatic heterocycles. The molecule has 1 aromatic rings. The van der Waals surface area contributed by atoms with E-state index in [0.29, 0.717) is 13.1 Å².